The zero-order chi connectivity index (χ0) is 42.2. The molecule has 0 heterocycles. The smallest absolute Gasteiger partial charge is 0.472 e. The zero-order valence-corrected chi connectivity index (χ0v) is 35.7. The number of aliphatic hydroxyl groups is 1. The van der Waals surface area contributed by atoms with Crippen LogP contribution in [0.1, 0.15) is 149 Å². The minimum atomic E-state index is -4.77. The first-order valence-corrected chi connectivity index (χ1v) is 22.6. The number of carbonyl (C=O) groups is 3. The van der Waals surface area contributed by atoms with Crippen LogP contribution in [-0.2, 0) is 37.5 Å². The number of hydrogen-bond acceptors (Lipinski definition) is 10. The average molecular weight is 824 g/mol. The Balaban J connectivity index is 4.62. The first kappa shape index (κ1) is 53.9. The van der Waals surface area contributed by atoms with E-state index in [1.807, 2.05) is 12.2 Å². The Bertz CT molecular complexity index is 1260. The molecule has 326 valence electrons. The number of nitrogens with two attached hydrogens (primary N) is 1. The highest BCUT2D eigenvalue weighted by Gasteiger charge is 2.28. The van der Waals surface area contributed by atoms with Gasteiger partial charge in [0.2, 0.25) is 0 Å². The molecule has 0 aliphatic heterocycles. The number of hydrogen-bond donors (Lipinski definition) is 4. The van der Waals surface area contributed by atoms with Gasteiger partial charge in [-0.2, -0.15) is 0 Å². The first-order valence-electron chi connectivity index (χ1n) is 21.1. The Morgan fingerprint density at radius 3 is 1.81 bits per heavy atom. The molecule has 0 aliphatic rings. The number of unbranched alkanes of at least 4 members (excludes halogenated alkanes) is 11. The standard InChI is InChI=1S/C44H74NO11P/c1-3-5-7-9-11-13-15-17-18-20-22-24-26-28-30-34-42(47)53-36-40(37-54-57(51,52)55-38-41(45)44(49)50)56-43(48)35-31-33-39(46)32-29-27-25-23-21-19-16-14-12-10-8-6-4-2/h6,8,12,14,17-19,21,25,27,29,32,39-41,46H,3-5,7,9-11,13,15-16,20,22-24,26,28,30-31,33-38,45H2,1-2H3,(H,49,50)(H,51,52)/b8-6-,14-12-,18-17-,21-19-,27-25-,32-29+/t39?,40-,41+/m1/s1. The minimum Gasteiger partial charge on any atom is -0.480 e. The molecule has 0 aromatic carbocycles. The van der Waals surface area contributed by atoms with E-state index in [9.17, 15) is 28.9 Å². The molecule has 0 rings (SSSR count). The van der Waals surface area contributed by atoms with Crippen molar-refractivity contribution < 1.29 is 52.6 Å². The number of carboxylic acids is 1. The number of rotatable bonds is 38. The SMILES string of the molecule is CC/C=C\C/C=C\C/C=C\C/C=C\C=C\C(O)CCCC(=O)O[C@H](COC(=O)CCCCCCC/C=C\CCCCCCCC)COP(=O)(O)OC[C@H](N)C(=O)O. The molecule has 0 bridgehead atoms. The number of aliphatic hydroxyl groups excluding tert-OH is 1. The van der Waals surface area contributed by atoms with Gasteiger partial charge < -0.3 is 30.3 Å². The first-order chi connectivity index (χ1) is 27.5. The fourth-order valence-corrected chi connectivity index (χ4v) is 5.98. The summed E-state index contributed by atoms with van der Waals surface area (Å²) in [7, 11) is -4.77. The van der Waals surface area contributed by atoms with E-state index in [0.717, 1.165) is 64.2 Å². The molecule has 0 saturated heterocycles. The number of aliphatic carboxylic acids is 1. The van der Waals surface area contributed by atoms with E-state index in [-0.39, 0.29) is 25.7 Å². The van der Waals surface area contributed by atoms with Gasteiger partial charge in [0, 0.05) is 12.8 Å². The van der Waals surface area contributed by atoms with Crippen LogP contribution in [-0.4, -0.2) is 71.1 Å². The average Bonchev–Trinajstić information content (AvgIpc) is 3.18. The number of allylic oxidation sites excluding steroid dienone is 11. The Labute approximate surface area is 343 Å². The van der Waals surface area contributed by atoms with Gasteiger partial charge in [-0.15, -0.1) is 0 Å². The molecule has 0 fully saturated rings. The summed E-state index contributed by atoms with van der Waals surface area (Å²) in [4.78, 5) is 45.9. The van der Waals surface area contributed by atoms with Crippen LogP contribution in [0.25, 0.3) is 0 Å². The number of phosphoric acid groups is 1. The molecule has 4 atom stereocenters. The van der Waals surface area contributed by atoms with Gasteiger partial charge in [-0.1, -0.05) is 138 Å². The highest BCUT2D eigenvalue weighted by molar-refractivity contribution is 7.47. The lowest BCUT2D eigenvalue weighted by atomic mass is 10.1. The summed E-state index contributed by atoms with van der Waals surface area (Å²) in [5.41, 5.74) is 5.31. The van der Waals surface area contributed by atoms with E-state index >= 15 is 0 Å². The summed E-state index contributed by atoms with van der Waals surface area (Å²) in [5.74, 6) is -2.63. The predicted octanol–water partition coefficient (Wildman–Crippen LogP) is 9.92. The maximum absolute atomic E-state index is 12.6. The lowest BCUT2D eigenvalue weighted by molar-refractivity contribution is -0.161. The van der Waals surface area contributed by atoms with Gasteiger partial charge in [0.25, 0.3) is 0 Å². The topological polar surface area (TPSA) is 192 Å². The van der Waals surface area contributed by atoms with Gasteiger partial charge in [0.1, 0.15) is 12.6 Å². The van der Waals surface area contributed by atoms with Gasteiger partial charge >= 0.3 is 25.7 Å². The van der Waals surface area contributed by atoms with E-state index in [1.54, 1.807) is 12.2 Å². The van der Waals surface area contributed by atoms with E-state index in [4.69, 9.17) is 24.8 Å². The lowest BCUT2D eigenvalue weighted by Crippen LogP contribution is -2.34. The van der Waals surface area contributed by atoms with Crippen LogP contribution in [0.3, 0.4) is 0 Å². The summed E-state index contributed by atoms with van der Waals surface area (Å²) >= 11 is 0. The van der Waals surface area contributed by atoms with Crippen LogP contribution in [0.15, 0.2) is 72.9 Å². The quantitative estimate of drug-likeness (QED) is 0.0152. The van der Waals surface area contributed by atoms with Crippen molar-refractivity contribution in [3.05, 3.63) is 72.9 Å². The number of carbonyl (C=O) groups excluding carboxylic acids is 2. The van der Waals surface area contributed by atoms with Crippen LogP contribution in [0, 0.1) is 0 Å². The molecule has 0 aromatic rings. The van der Waals surface area contributed by atoms with Gasteiger partial charge in [-0.3, -0.25) is 23.4 Å². The van der Waals surface area contributed by atoms with Crippen molar-refractivity contribution in [2.24, 2.45) is 5.73 Å². The number of carboxylic acid groups (broad SMARTS) is 1. The zero-order valence-electron chi connectivity index (χ0n) is 34.8. The van der Waals surface area contributed by atoms with Crippen molar-refractivity contribution in [2.45, 2.75) is 167 Å². The molecule has 0 spiro atoms. The Morgan fingerprint density at radius 1 is 0.649 bits per heavy atom. The molecule has 12 nitrogen and oxygen atoms in total. The summed E-state index contributed by atoms with van der Waals surface area (Å²) in [6.07, 6.45) is 41.4. The van der Waals surface area contributed by atoms with Gasteiger partial charge in [-0.25, -0.2) is 4.57 Å². The van der Waals surface area contributed by atoms with Crippen LogP contribution in [0.4, 0.5) is 0 Å². The second-order valence-electron chi connectivity index (χ2n) is 13.9. The molecule has 0 aromatic heterocycles. The Hall–Kier alpha value is -3.12. The fraction of sp³-hybridized carbons (Fsp3) is 0.659. The molecular weight excluding hydrogens is 749 g/mol. The molecule has 13 heteroatoms. The molecule has 0 amide bonds. The molecular formula is C44H74NO11P. The van der Waals surface area contributed by atoms with E-state index in [0.29, 0.717) is 6.42 Å². The second-order valence-corrected chi connectivity index (χ2v) is 15.4. The summed E-state index contributed by atoms with van der Waals surface area (Å²) < 4.78 is 32.5. The molecule has 0 radical (unpaired) electrons. The fourth-order valence-electron chi connectivity index (χ4n) is 5.20. The predicted molar refractivity (Wildman–Crippen MR) is 227 cm³/mol. The van der Waals surface area contributed by atoms with Crippen molar-refractivity contribution in [1.82, 2.24) is 0 Å². The summed E-state index contributed by atoms with van der Waals surface area (Å²) in [6.45, 7) is 2.46. The van der Waals surface area contributed by atoms with Gasteiger partial charge in [0.15, 0.2) is 6.10 Å². The molecule has 0 saturated carbocycles. The minimum absolute atomic E-state index is 0.0744. The van der Waals surface area contributed by atoms with Crippen molar-refractivity contribution in [1.29, 1.82) is 0 Å². The number of esters is 2. The van der Waals surface area contributed by atoms with E-state index in [1.165, 1.54) is 38.5 Å². The van der Waals surface area contributed by atoms with Crippen LogP contribution in [0.5, 0.6) is 0 Å². The highest BCUT2D eigenvalue weighted by Crippen LogP contribution is 2.43. The third kappa shape index (κ3) is 38.2. The number of ether oxygens (including phenoxy) is 2. The molecule has 0 aliphatic carbocycles. The highest BCUT2D eigenvalue weighted by atomic mass is 31.2. The third-order valence-corrected chi connectivity index (χ3v) is 9.49. The van der Waals surface area contributed by atoms with Crippen LogP contribution < -0.4 is 5.73 Å². The van der Waals surface area contributed by atoms with Gasteiger partial charge in [0.05, 0.1) is 19.3 Å². The van der Waals surface area contributed by atoms with Crippen molar-refractivity contribution in [3.8, 4) is 0 Å². The Kier molecular flexibility index (Phi) is 36.3. The normalized spacial score (nSPS) is 15.0. The molecule has 57 heavy (non-hydrogen) atoms. The molecule has 5 N–H and O–H groups in total. The van der Waals surface area contributed by atoms with Crippen LogP contribution >= 0.6 is 7.82 Å². The van der Waals surface area contributed by atoms with Crippen molar-refractivity contribution in [2.75, 3.05) is 19.8 Å². The van der Waals surface area contributed by atoms with Crippen molar-refractivity contribution >= 4 is 25.7 Å². The second kappa shape index (κ2) is 38.4. The molecule has 2 unspecified atom stereocenters. The summed E-state index contributed by atoms with van der Waals surface area (Å²) in [6, 6.07) is -1.56. The lowest BCUT2D eigenvalue weighted by Gasteiger charge is -2.20. The largest absolute Gasteiger partial charge is 0.480 e. The maximum Gasteiger partial charge on any atom is 0.472 e. The summed E-state index contributed by atoms with van der Waals surface area (Å²) in [5, 5.41) is 19.2. The number of phosphoric ester groups is 1. The Morgan fingerprint density at radius 2 is 1.19 bits per heavy atom. The van der Waals surface area contributed by atoms with Crippen LogP contribution in [0.2, 0.25) is 0 Å². The van der Waals surface area contributed by atoms with E-state index < -0.39 is 63.8 Å². The van der Waals surface area contributed by atoms with Crippen molar-refractivity contribution in [3.63, 3.8) is 0 Å². The van der Waals surface area contributed by atoms with E-state index in [2.05, 4.69) is 67.0 Å². The maximum atomic E-state index is 12.6. The monoisotopic (exact) mass is 823 g/mol. The third-order valence-electron chi connectivity index (χ3n) is 8.54. The van der Waals surface area contributed by atoms with Gasteiger partial charge in [-0.05, 0) is 70.6 Å².